The highest BCUT2D eigenvalue weighted by Crippen LogP contribution is 2.14. The molecule has 0 rings (SSSR count). The van der Waals surface area contributed by atoms with Crippen LogP contribution in [0, 0.1) is 0 Å². The van der Waals surface area contributed by atoms with Crippen molar-refractivity contribution in [3.8, 4) is 0 Å². The molecule has 0 N–H and O–H groups in total. The summed E-state index contributed by atoms with van der Waals surface area (Å²) in [6.45, 7) is 5.15. The number of esters is 1. The zero-order chi connectivity index (χ0) is 26.2. The smallest absolute Gasteiger partial charge is 0.330 e. The van der Waals surface area contributed by atoms with Gasteiger partial charge in [-0.05, 0) is 19.3 Å². The largest absolute Gasteiger partial charge is 0.463 e. The van der Waals surface area contributed by atoms with E-state index in [0.29, 0.717) is 6.61 Å². The second-order valence-corrected chi connectivity index (χ2v) is 11.2. The van der Waals surface area contributed by atoms with Gasteiger partial charge in [0.05, 0.1) is 6.61 Å². The summed E-state index contributed by atoms with van der Waals surface area (Å²) in [4.78, 5) is 11.8. The van der Waals surface area contributed by atoms with Gasteiger partial charge in [-0.3, -0.25) is 0 Å². The second kappa shape index (κ2) is 32.2. The summed E-state index contributed by atoms with van der Waals surface area (Å²) in [5.74, 6) is -0.153. The lowest BCUT2D eigenvalue weighted by molar-refractivity contribution is -0.137. The number of unbranched alkanes of at least 4 members (excludes halogenated alkanes) is 26. The molecule has 36 heavy (non-hydrogen) atoms. The van der Waals surface area contributed by atoms with Gasteiger partial charge in [-0.25, -0.2) is 4.79 Å². The Morgan fingerprint density at radius 1 is 0.444 bits per heavy atom. The van der Waals surface area contributed by atoms with Crippen LogP contribution >= 0.6 is 0 Å². The van der Waals surface area contributed by atoms with Crippen molar-refractivity contribution in [2.45, 2.75) is 194 Å². The van der Waals surface area contributed by atoms with Crippen molar-refractivity contribution in [1.82, 2.24) is 0 Å². The molecule has 0 heterocycles. The Balaban J connectivity index is 3.21. The molecule has 0 amide bonds. The van der Waals surface area contributed by atoms with Gasteiger partial charge in [0.2, 0.25) is 0 Å². The van der Waals surface area contributed by atoms with Crippen LogP contribution in [-0.2, 0) is 9.53 Å². The molecule has 0 radical (unpaired) electrons. The van der Waals surface area contributed by atoms with Gasteiger partial charge in [0.1, 0.15) is 0 Å². The molecule has 2 heteroatoms. The van der Waals surface area contributed by atoms with E-state index in [2.05, 4.69) is 13.8 Å². The summed E-state index contributed by atoms with van der Waals surface area (Å²) in [5, 5.41) is 0. The standard InChI is InChI=1S/C34H66O2/c1-3-5-7-9-11-13-15-17-19-20-22-24-26-28-30-32-34(35)36-33-31-29-27-25-23-21-18-16-14-12-10-8-6-4-2/h30,32H,3-29,31,33H2,1-2H3. The lowest BCUT2D eigenvalue weighted by Gasteiger charge is -2.04. The van der Waals surface area contributed by atoms with Crippen LogP contribution in [0.4, 0.5) is 0 Å². The number of rotatable bonds is 30. The van der Waals surface area contributed by atoms with Gasteiger partial charge in [-0.1, -0.05) is 180 Å². The molecule has 0 aliphatic heterocycles. The molecule has 2 nitrogen and oxygen atoms in total. The Hall–Kier alpha value is -0.790. The van der Waals surface area contributed by atoms with Crippen molar-refractivity contribution < 1.29 is 9.53 Å². The van der Waals surface area contributed by atoms with Crippen LogP contribution in [0.25, 0.3) is 0 Å². The molecular formula is C34H66O2. The Morgan fingerprint density at radius 3 is 1.11 bits per heavy atom. The maximum Gasteiger partial charge on any atom is 0.330 e. The highest BCUT2D eigenvalue weighted by atomic mass is 16.5. The van der Waals surface area contributed by atoms with Crippen molar-refractivity contribution in [3.05, 3.63) is 12.2 Å². The number of ether oxygens (including phenoxy) is 1. The molecule has 0 spiro atoms. The van der Waals surface area contributed by atoms with Crippen molar-refractivity contribution >= 4 is 5.97 Å². The Morgan fingerprint density at radius 2 is 0.750 bits per heavy atom. The van der Waals surface area contributed by atoms with E-state index in [4.69, 9.17) is 4.74 Å². The van der Waals surface area contributed by atoms with Gasteiger partial charge < -0.3 is 4.74 Å². The third-order valence-electron chi connectivity index (χ3n) is 7.47. The van der Waals surface area contributed by atoms with Crippen LogP contribution in [0.15, 0.2) is 12.2 Å². The Kier molecular flexibility index (Phi) is 31.5. The van der Waals surface area contributed by atoms with Gasteiger partial charge in [0.25, 0.3) is 0 Å². The lowest BCUT2D eigenvalue weighted by Crippen LogP contribution is -2.02. The van der Waals surface area contributed by atoms with E-state index in [1.165, 1.54) is 167 Å². The summed E-state index contributed by atoms with van der Waals surface area (Å²) < 4.78 is 5.34. The fourth-order valence-corrected chi connectivity index (χ4v) is 4.98. The maximum absolute atomic E-state index is 11.8. The van der Waals surface area contributed by atoms with E-state index < -0.39 is 0 Å². The van der Waals surface area contributed by atoms with Gasteiger partial charge in [0, 0.05) is 6.08 Å². The summed E-state index contributed by atoms with van der Waals surface area (Å²) in [6.07, 6.45) is 41.5. The first-order valence-corrected chi connectivity index (χ1v) is 16.6. The maximum atomic E-state index is 11.8. The zero-order valence-corrected chi connectivity index (χ0v) is 25.0. The SMILES string of the molecule is CCCCCCCCCCCCCCCC=CC(=O)OCCCCCCCCCCCCCCCC. The fourth-order valence-electron chi connectivity index (χ4n) is 4.98. The molecule has 0 fully saturated rings. The Bertz CT molecular complexity index is 442. The van der Waals surface area contributed by atoms with E-state index in [-0.39, 0.29) is 5.97 Å². The van der Waals surface area contributed by atoms with E-state index >= 15 is 0 Å². The average Bonchev–Trinajstić information content (AvgIpc) is 2.88. The molecule has 0 aromatic rings. The van der Waals surface area contributed by atoms with E-state index in [9.17, 15) is 4.79 Å². The molecule has 0 aliphatic rings. The van der Waals surface area contributed by atoms with Crippen molar-refractivity contribution in [1.29, 1.82) is 0 Å². The number of hydrogen-bond donors (Lipinski definition) is 0. The molecule has 0 bridgehead atoms. The quantitative estimate of drug-likeness (QED) is 0.0550. The fraction of sp³-hybridized carbons (Fsp3) is 0.912. The topological polar surface area (TPSA) is 26.3 Å². The average molecular weight is 507 g/mol. The van der Waals surface area contributed by atoms with Crippen molar-refractivity contribution in [2.24, 2.45) is 0 Å². The van der Waals surface area contributed by atoms with Crippen LogP contribution in [0.2, 0.25) is 0 Å². The van der Waals surface area contributed by atoms with Gasteiger partial charge in [-0.2, -0.15) is 0 Å². The Labute approximate surface area is 227 Å². The lowest BCUT2D eigenvalue weighted by atomic mass is 10.0. The van der Waals surface area contributed by atoms with Crippen LogP contribution in [0.1, 0.15) is 194 Å². The molecule has 0 atom stereocenters. The number of hydrogen-bond acceptors (Lipinski definition) is 2. The van der Waals surface area contributed by atoms with Gasteiger partial charge in [-0.15, -0.1) is 0 Å². The van der Waals surface area contributed by atoms with Crippen molar-refractivity contribution in [3.63, 3.8) is 0 Å². The second-order valence-electron chi connectivity index (χ2n) is 11.2. The highest BCUT2D eigenvalue weighted by molar-refractivity contribution is 5.81. The normalized spacial score (nSPS) is 11.5. The first kappa shape index (κ1) is 35.2. The van der Waals surface area contributed by atoms with Gasteiger partial charge in [0.15, 0.2) is 0 Å². The van der Waals surface area contributed by atoms with E-state index in [0.717, 1.165) is 12.8 Å². The number of allylic oxidation sites excluding steroid dienone is 1. The molecule has 0 saturated heterocycles. The van der Waals surface area contributed by atoms with E-state index in [1.807, 2.05) is 6.08 Å². The molecular weight excluding hydrogens is 440 g/mol. The number of carbonyl (C=O) groups excluding carboxylic acids is 1. The molecule has 0 aromatic carbocycles. The molecule has 214 valence electrons. The summed E-state index contributed by atoms with van der Waals surface area (Å²) in [5.41, 5.74) is 0. The van der Waals surface area contributed by atoms with E-state index in [1.54, 1.807) is 6.08 Å². The molecule has 0 unspecified atom stereocenters. The minimum absolute atomic E-state index is 0.153. The minimum Gasteiger partial charge on any atom is -0.463 e. The number of carbonyl (C=O) groups is 1. The molecule has 0 saturated carbocycles. The zero-order valence-electron chi connectivity index (χ0n) is 25.0. The van der Waals surface area contributed by atoms with Crippen LogP contribution in [0.5, 0.6) is 0 Å². The first-order valence-electron chi connectivity index (χ1n) is 16.6. The predicted octanol–water partition coefficient (Wildman–Crippen LogP) is 12.0. The molecule has 0 aromatic heterocycles. The third-order valence-corrected chi connectivity index (χ3v) is 7.47. The van der Waals surface area contributed by atoms with Crippen LogP contribution in [0.3, 0.4) is 0 Å². The summed E-state index contributed by atoms with van der Waals surface area (Å²) in [7, 11) is 0. The summed E-state index contributed by atoms with van der Waals surface area (Å²) in [6, 6.07) is 0. The minimum atomic E-state index is -0.153. The van der Waals surface area contributed by atoms with Crippen LogP contribution < -0.4 is 0 Å². The van der Waals surface area contributed by atoms with Crippen LogP contribution in [-0.4, -0.2) is 12.6 Å². The monoisotopic (exact) mass is 507 g/mol. The third kappa shape index (κ3) is 31.2. The molecule has 0 aliphatic carbocycles. The highest BCUT2D eigenvalue weighted by Gasteiger charge is 1.98. The predicted molar refractivity (Wildman–Crippen MR) is 161 cm³/mol. The first-order chi connectivity index (χ1) is 17.8. The van der Waals surface area contributed by atoms with Crippen molar-refractivity contribution in [2.75, 3.05) is 6.61 Å². The van der Waals surface area contributed by atoms with Gasteiger partial charge >= 0.3 is 5.97 Å². The summed E-state index contributed by atoms with van der Waals surface area (Å²) >= 11 is 0.